The van der Waals surface area contributed by atoms with Crippen LogP contribution < -0.4 is 26.6 Å². The number of amides is 9. The third kappa shape index (κ3) is 18.3. The van der Waals surface area contributed by atoms with Crippen molar-refractivity contribution < 1.29 is 52.6 Å². The normalized spacial score (nSPS) is 19.6. The third-order valence-corrected chi connectivity index (χ3v) is 19.1. The van der Waals surface area contributed by atoms with E-state index in [1.54, 1.807) is 72.4 Å². The van der Waals surface area contributed by atoms with Crippen molar-refractivity contribution in [3.05, 3.63) is 177 Å². The van der Waals surface area contributed by atoms with Gasteiger partial charge in [-0.05, 0) is 181 Å². The highest BCUT2D eigenvalue weighted by Gasteiger charge is 2.47. The number of aryl methyl sites for hydroxylation is 4. The maximum atomic E-state index is 15.3. The van der Waals surface area contributed by atoms with Crippen LogP contribution in [0.4, 0.5) is 9.59 Å². The molecule has 2 aliphatic heterocycles. The summed E-state index contributed by atoms with van der Waals surface area (Å²) in [5.41, 5.74) is 6.99. The number of benzene rings is 5. The summed E-state index contributed by atoms with van der Waals surface area (Å²) in [6.07, 6.45) is 5.46. The number of nitrogens with zero attached hydrogens (tertiary/aromatic N) is 4. The molecule has 0 radical (unpaired) electrons. The Morgan fingerprint density at radius 3 is 1.48 bits per heavy atom. The quantitative estimate of drug-likeness (QED) is 0.0521. The van der Waals surface area contributed by atoms with Crippen molar-refractivity contribution in [3.8, 4) is 0 Å². The molecule has 1 saturated heterocycles. The van der Waals surface area contributed by atoms with Gasteiger partial charge in [0.15, 0.2) is 0 Å². The van der Waals surface area contributed by atoms with Gasteiger partial charge in [0.25, 0.3) is 5.91 Å². The Morgan fingerprint density at radius 2 is 0.979 bits per heavy atom. The molecule has 518 valence electrons. The van der Waals surface area contributed by atoms with Gasteiger partial charge >= 0.3 is 12.2 Å². The van der Waals surface area contributed by atoms with Crippen LogP contribution in [0.3, 0.4) is 0 Å². The molecule has 2 heterocycles. The Morgan fingerprint density at radius 1 is 0.526 bits per heavy atom. The predicted molar refractivity (Wildman–Crippen MR) is 371 cm³/mol. The first-order valence-corrected chi connectivity index (χ1v) is 34.3. The molecule has 0 bridgehead atoms. The van der Waals surface area contributed by atoms with Crippen molar-refractivity contribution in [1.82, 2.24) is 46.2 Å². The summed E-state index contributed by atoms with van der Waals surface area (Å²) in [6, 6.07) is 31.8. The fourth-order valence-corrected chi connectivity index (χ4v) is 13.3. The second-order valence-corrected chi connectivity index (χ2v) is 29.8. The second-order valence-electron chi connectivity index (χ2n) is 29.8. The molecule has 9 atom stereocenters. The molecule has 0 aromatic heterocycles. The minimum atomic E-state index is -1.13. The third-order valence-electron chi connectivity index (χ3n) is 19.1. The second kappa shape index (κ2) is 30.6. The molecule has 5 aromatic rings. The summed E-state index contributed by atoms with van der Waals surface area (Å²) < 4.78 is 11.1. The van der Waals surface area contributed by atoms with E-state index in [9.17, 15) is 33.6 Å². The fraction of sp³-hybridized carbons (Fsp3) is 0.494. The minimum Gasteiger partial charge on any atom is -0.444 e. The number of carbonyl (C=O) groups is 9. The van der Waals surface area contributed by atoms with Gasteiger partial charge in [-0.25, -0.2) is 9.59 Å². The van der Waals surface area contributed by atoms with Gasteiger partial charge < -0.3 is 45.9 Å². The van der Waals surface area contributed by atoms with Crippen molar-refractivity contribution in [3.63, 3.8) is 0 Å². The zero-order valence-corrected chi connectivity index (χ0v) is 58.7. The summed E-state index contributed by atoms with van der Waals surface area (Å²) in [4.78, 5) is 134. The zero-order valence-electron chi connectivity index (χ0n) is 58.7. The summed E-state index contributed by atoms with van der Waals surface area (Å²) in [5.74, 6) is -3.09. The van der Waals surface area contributed by atoms with Gasteiger partial charge in [0.05, 0.1) is 12.1 Å². The maximum absolute atomic E-state index is 15.3. The van der Waals surface area contributed by atoms with Crippen molar-refractivity contribution in [2.75, 3.05) is 20.6 Å². The van der Waals surface area contributed by atoms with Crippen molar-refractivity contribution in [1.29, 1.82) is 0 Å². The Labute approximate surface area is 571 Å². The standard InChI is InChI=1S/C77H99N9O11/c1-47(83(12)73(94)96-76(6,7)8)66(87)81-62(71(92)85-45-56-25-15-14-24-55(56)43-63(85)69(90)79-60-30-20-26-52-22-16-18-28-58(52)60)42-51-36-34-49(35-37-51)32-33-50-38-40-54(41-39-50)68(89)78-57-44-64(70(91)80-61-31-21-27-53-23-17-19-29-59(53)61)86(46-57)72(93)65(75(3,4)5)82-67(88)48(2)84(13)74(95)97-77(9,10)11/h14-19,22-25,28-29,34-41,47-48,57,60-65H,20-21,26-27,30-33,42-46H2,1-13H3,(H,78,89)(H,79,90)(H,80,91)(H,81,87)(H,82,88). The van der Waals surface area contributed by atoms with Crippen LogP contribution in [0.5, 0.6) is 0 Å². The van der Waals surface area contributed by atoms with E-state index in [1.807, 2.05) is 112 Å². The number of rotatable bonds is 19. The SMILES string of the molecule is CC(C(=O)NC(Cc1ccc(CCc2ccc(C(=O)NC3CC(C(=O)NC4CCCc5ccccc54)N(C(=O)C(NC(=O)C(C)N(C)C(=O)OC(C)(C)C)C(C)(C)C)C3)cc2)cc1)C(=O)N1Cc2ccccc2CC1C(=O)NC1CCCc2ccccc21)N(C)C(=O)OC(C)(C)C. The monoisotopic (exact) mass is 1330 g/mol. The van der Waals surface area contributed by atoms with Crippen LogP contribution in [0.2, 0.25) is 0 Å². The smallest absolute Gasteiger partial charge is 0.410 e. The highest BCUT2D eigenvalue weighted by molar-refractivity contribution is 5.97. The van der Waals surface area contributed by atoms with Crippen LogP contribution in [0, 0.1) is 5.41 Å². The van der Waals surface area contributed by atoms with Crippen molar-refractivity contribution >= 4 is 53.5 Å². The summed E-state index contributed by atoms with van der Waals surface area (Å²) in [7, 11) is 2.94. The highest BCUT2D eigenvalue weighted by atomic mass is 16.6. The Kier molecular flexibility index (Phi) is 22.7. The van der Waals surface area contributed by atoms with E-state index < -0.39 is 94.7 Å². The van der Waals surface area contributed by atoms with Crippen LogP contribution >= 0.6 is 0 Å². The molecule has 9 amide bonds. The number of hydrogen-bond donors (Lipinski definition) is 5. The zero-order chi connectivity index (χ0) is 70.3. The van der Waals surface area contributed by atoms with E-state index >= 15 is 9.59 Å². The van der Waals surface area contributed by atoms with Gasteiger partial charge in [-0.3, -0.25) is 43.4 Å². The summed E-state index contributed by atoms with van der Waals surface area (Å²) >= 11 is 0. The number of ether oxygens (including phenoxy) is 2. The first kappa shape index (κ1) is 72.2. The number of likely N-dealkylation sites (tertiary alicyclic amines) is 1. The van der Waals surface area contributed by atoms with E-state index in [4.69, 9.17) is 9.47 Å². The summed E-state index contributed by atoms with van der Waals surface area (Å²) in [5, 5.41) is 15.6. The Bertz CT molecular complexity index is 3700. The van der Waals surface area contributed by atoms with E-state index in [-0.39, 0.29) is 62.2 Å². The Balaban J connectivity index is 0.875. The molecule has 2 aliphatic carbocycles. The molecule has 5 N–H and O–H groups in total. The minimum absolute atomic E-state index is 0.00197. The van der Waals surface area contributed by atoms with Crippen LogP contribution in [-0.2, 0) is 83.3 Å². The molecule has 4 aliphatic rings. The molecule has 20 nitrogen and oxygen atoms in total. The van der Waals surface area contributed by atoms with Gasteiger partial charge in [-0.15, -0.1) is 0 Å². The molecule has 20 heteroatoms. The Hall–Kier alpha value is -9.07. The largest absolute Gasteiger partial charge is 0.444 e. The van der Waals surface area contributed by atoms with Crippen LogP contribution in [-0.4, -0.2) is 147 Å². The van der Waals surface area contributed by atoms with E-state index in [2.05, 4.69) is 44.8 Å². The predicted octanol–water partition coefficient (Wildman–Crippen LogP) is 9.58. The maximum Gasteiger partial charge on any atom is 0.410 e. The average molecular weight is 1330 g/mol. The first-order chi connectivity index (χ1) is 45.8. The van der Waals surface area contributed by atoms with Crippen LogP contribution in [0.25, 0.3) is 0 Å². The topological polar surface area (TPSA) is 245 Å². The lowest BCUT2D eigenvalue weighted by molar-refractivity contribution is -0.145. The molecule has 1 fully saturated rings. The van der Waals surface area contributed by atoms with E-state index in [1.165, 1.54) is 34.4 Å². The summed E-state index contributed by atoms with van der Waals surface area (Å²) in [6.45, 7) is 19.1. The van der Waals surface area contributed by atoms with Gasteiger partial charge in [-0.1, -0.05) is 130 Å². The lowest BCUT2D eigenvalue weighted by Gasteiger charge is -2.39. The van der Waals surface area contributed by atoms with Crippen molar-refractivity contribution in [2.45, 2.75) is 219 Å². The van der Waals surface area contributed by atoms with E-state index in [0.29, 0.717) is 18.4 Å². The molecule has 9 rings (SSSR count). The number of nitrogens with one attached hydrogen (secondary N) is 5. The fourth-order valence-electron chi connectivity index (χ4n) is 13.3. The molecule has 0 saturated carbocycles. The first-order valence-electron chi connectivity index (χ1n) is 34.3. The number of hydrogen-bond acceptors (Lipinski definition) is 11. The number of likely N-dealkylation sites (N-methyl/N-ethyl adjacent to an activating group) is 2. The van der Waals surface area contributed by atoms with Crippen molar-refractivity contribution in [2.24, 2.45) is 5.41 Å². The molecule has 5 aromatic carbocycles. The van der Waals surface area contributed by atoms with Gasteiger partial charge in [0.2, 0.25) is 35.4 Å². The lowest BCUT2D eigenvalue weighted by Crippen LogP contribution is -2.60. The number of fused-ring (bicyclic) bond motifs is 3. The lowest BCUT2D eigenvalue weighted by atomic mass is 9.85. The average Bonchev–Trinajstić information content (AvgIpc) is 1.67. The number of carbonyl (C=O) groups excluding carboxylic acids is 9. The molecule has 97 heavy (non-hydrogen) atoms. The van der Waals surface area contributed by atoms with Gasteiger partial charge in [0.1, 0.15) is 47.5 Å². The molecule has 9 unspecified atom stereocenters. The molecular formula is C77H99N9O11. The molecule has 0 spiro atoms. The van der Waals surface area contributed by atoms with Gasteiger partial charge in [0, 0.05) is 51.6 Å². The van der Waals surface area contributed by atoms with Gasteiger partial charge in [-0.2, -0.15) is 0 Å². The van der Waals surface area contributed by atoms with Crippen LogP contribution in [0.1, 0.15) is 181 Å². The van der Waals surface area contributed by atoms with Crippen LogP contribution in [0.15, 0.2) is 121 Å². The molecular weight excluding hydrogens is 1230 g/mol. The van der Waals surface area contributed by atoms with E-state index in [0.717, 1.165) is 83.0 Å². The highest BCUT2D eigenvalue weighted by Crippen LogP contribution is 2.34.